The van der Waals surface area contributed by atoms with E-state index in [1.807, 2.05) is 0 Å². The average Bonchev–Trinajstić information content (AvgIpc) is 3.42. The van der Waals surface area contributed by atoms with Gasteiger partial charge in [0.2, 0.25) is 5.91 Å². The Kier molecular flexibility index (Phi) is 5.74. The molecule has 0 fully saturated rings. The summed E-state index contributed by atoms with van der Waals surface area (Å²) in [5.41, 5.74) is 2.42. The first-order valence-corrected chi connectivity index (χ1v) is 13.0. The minimum absolute atomic E-state index is 0.0670. The number of hydrogen-bond acceptors (Lipinski definition) is 7. The third-order valence-corrected chi connectivity index (χ3v) is 8.60. The Hall–Kier alpha value is -3.48. The Labute approximate surface area is 207 Å². The maximum atomic E-state index is 15.0. The number of halogens is 2. The van der Waals surface area contributed by atoms with Gasteiger partial charge in [-0.1, -0.05) is 11.6 Å². The number of nitrogens with zero attached hydrogens (tertiary/aromatic N) is 1. The lowest BCUT2D eigenvalue weighted by Crippen LogP contribution is -2.43. The smallest absolute Gasteiger partial charge is 0.333 e. The Bertz CT molecular complexity index is 1520. The second-order valence-electron chi connectivity index (χ2n) is 7.84. The number of benzene rings is 2. The van der Waals surface area contributed by atoms with E-state index in [9.17, 15) is 27.2 Å². The van der Waals surface area contributed by atoms with Gasteiger partial charge in [0.25, 0.3) is 15.9 Å². The van der Waals surface area contributed by atoms with Crippen molar-refractivity contribution in [2.45, 2.75) is 17.1 Å². The van der Waals surface area contributed by atoms with Crippen LogP contribution in [0.2, 0.25) is 4.34 Å². The van der Waals surface area contributed by atoms with E-state index in [2.05, 4.69) is 10.6 Å². The van der Waals surface area contributed by atoms with Gasteiger partial charge in [0.05, 0.1) is 16.4 Å². The number of nitrogens with one attached hydrogen (secondary N) is 3. The molecule has 180 valence electrons. The maximum absolute atomic E-state index is 15.0. The summed E-state index contributed by atoms with van der Waals surface area (Å²) in [6.45, 7) is 0.739. The van der Waals surface area contributed by atoms with Gasteiger partial charge in [-0.15, -0.1) is 11.3 Å². The van der Waals surface area contributed by atoms with E-state index < -0.39 is 33.7 Å². The van der Waals surface area contributed by atoms with E-state index in [1.54, 1.807) is 16.9 Å². The molecule has 0 spiro atoms. The van der Waals surface area contributed by atoms with E-state index >= 15 is 0 Å². The van der Waals surface area contributed by atoms with Crippen LogP contribution in [-0.4, -0.2) is 32.8 Å². The molecule has 2 aliphatic heterocycles. The normalized spacial score (nSPS) is 14.9. The monoisotopic (exact) mass is 534 g/mol. The van der Waals surface area contributed by atoms with Crippen molar-refractivity contribution in [3.05, 3.63) is 69.3 Å². The zero-order chi connectivity index (χ0) is 24.9. The average molecular weight is 535 g/mol. The van der Waals surface area contributed by atoms with Crippen LogP contribution >= 0.6 is 22.9 Å². The number of hydrogen-bond donors (Lipinski definition) is 3. The molecule has 9 nitrogen and oxygen atoms in total. The Morgan fingerprint density at radius 2 is 1.91 bits per heavy atom. The van der Waals surface area contributed by atoms with Crippen molar-refractivity contribution >= 4 is 67.9 Å². The lowest BCUT2D eigenvalue weighted by molar-refractivity contribution is -0.117. The van der Waals surface area contributed by atoms with Crippen LogP contribution in [0.5, 0.6) is 0 Å². The Morgan fingerprint density at radius 3 is 2.63 bits per heavy atom. The molecule has 2 aromatic carbocycles. The van der Waals surface area contributed by atoms with Crippen molar-refractivity contribution < 1.29 is 27.2 Å². The lowest BCUT2D eigenvalue weighted by Gasteiger charge is -2.28. The number of fused-ring (bicyclic) bond motifs is 2. The highest BCUT2D eigenvalue weighted by Crippen LogP contribution is 2.33. The van der Waals surface area contributed by atoms with Crippen LogP contribution in [0.1, 0.15) is 21.5 Å². The summed E-state index contributed by atoms with van der Waals surface area (Å²) in [4.78, 5) is 38.8. The van der Waals surface area contributed by atoms with Crippen LogP contribution in [0.15, 0.2) is 46.7 Å². The summed E-state index contributed by atoms with van der Waals surface area (Å²) >= 11 is 6.50. The summed E-state index contributed by atoms with van der Waals surface area (Å²) in [7, 11) is -4.17. The fourth-order valence-corrected chi connectivity index (χ4v) is 6.38. The first-order valence-electron chi connectivity index (χ1n) is 10.3. The summed E-state index contributed by atoms with van der Waals surface area (Å²) in [6, 6.07) is 8.33. The van der Waals surface area contributed by atoms with E-state index in [1.165, 1.54) is 24.3 Å². The van der Waals surface area contributed by atoms with Gasteiger partial charge < -0.3 is 10.6 Å². The van der Waals surface area contributed by atoms with Crippen LogP contribution in [-0.2, 0) is 27.7 Å². The number of carbonyl (C=O) groups is 3. The number of urea groups is 1. The minimum atomic E-state index is -4.17. The van der Waals surface area contributed by atoms with Crippen LogP contribution in [0.4, 0.5) is 26.2 Å². The van der Waals surface area contributed by atoms with E-state index in [-0.39, 0.29) is 26.3 Å². The van der Waals surface area contributed by atoms with E-state index in [0.717, 1.165) is 46.5 Å². The van der Waals surface area contributed by atoms with E-state index in [0.29, 0.717) is 11.1 Å². The highest BCUT2D eigenvalue weighted by Gasteiger charge is 2.35. The van der Waals surface area contributed by atoms with Crippen LogP contribution in [0.25, 0.3) is 0 Å². The molecule has 0 bridgehead atoms. The molecule has 3 N–H and O–H groups in total. The standard InChI is InChI=1S/C22H16ClFN4O5S2/c23-18-3-4-20(34-18)35(32,33)27-22(31)26-13-1-2-17(15(24)10-13)28-19(29)9-12-8-16-11(5-6-25-16)7-14(12)21(28)30/h1-4,7-8,10,25H,5-6,9H2,(H2,26,27,31). The fraction of sp³-hybridized carbons (Fsp3) is 0.136. The molecule has 3 heterocycles. The van der Waals surface area contributed by atoms with Crippen LogP contribution in [0.3, 0.4) is 0 Å². The second kappa shape index (κ2) is 8.63. The summed E-state index contributed by atoms with van der Waals surface area (Å²) in [5, 5.41) is 5.42. The number of anilines is 3. The SMILES string of the molecule is O=C(Nc1ccc(N2C(=O)Cc3cc4c(cc3C2=O)CCN4)c(F)c1)NS(=O)(=O)c1ccc(Cl)s1. The molecule has 4 amide bonds. The molecular weight excluding hydrogens is 519 g/mol. The zero-order valence-corrected chi connectivity index (χ0v) is 20.1. The van der Waals surface area contributed by atoms with Crippen molar-refractivity contribution in [2.75, 3.05) is 22.1 Å². The first kappa shape index (κ1) is 23.3. The number of imide groups is 1. The molecule has 5 rings (SSSR count). The second-order valence-corrected chi connectivity index (χ2v) is 11.5. The van der Waals surface area contributed by atoms with Crippen molar-refractivity contribution in [1.29, 1.82) is 0 Å². The highest BCUT2D eigenvalue weighted by atomic mass is 35.5. The topological polar surface area (TPSA) is 125 Å². The van der Waals surface area contributed by atoms with Gasteiger partial charge in [0.15, 0.2) is 0 Å². The largest absolute Gasteiger partial charge is 0.384 e. The highest BCUT2D eigenvalue weighted by molar-refractivity contribution is 7.92. The Balaban J connectivity index is 1.35. The number of sulfonamides is 1. The number of thiophene rings is 1. The first-order chi connectivity index (χ1) is 16.6. The molecule has 0 radical (unpaired) electrons. The van der Waals surface area contributed by atoms with Gasteiger partial charge in [-0.05, 0) is 60.0 Å². The van der Waals surface area contributed by atoms with Crippen molar-refractivity contribution in [3.63, 3.8) is 0 Å². The molecule has 13 heteroatoms. The maximum Gasteiger partial charge on any atom is 0.333 e. The lowest BCUT2D eigenvalue weighted by atomic mass is 9.94. The third kappa shape index (κ3) is 4.35. The fourth-order valence-electron chi connectivity index (χ4n) is 3.99. The number of amides is 4. The van der Waals surface area contributed by atoms with Gasteiger partial charge >= 0.3 is 6.03 Å². The molecule has 35 heavy (non-hydrogen) atoms. The van der Waals surface area contributed by atoms with Crippen LogP contribution in [0, 0.1) is 5.82 Å². The van der Waals surface area contributed by atoms with Gasteiger partial charge in [0.1, 0.15) is 10.0 Å². The number of carbonyl (C=O) groups excluding carboxylic acids is 3. The molecule has 3 aromatic rings. The predicted octanol–water partition coefficient (Wildman–Crippen LogP) is 3.75. The van der Waals surface area contributed by atoms with Crippen LogP contribution < -0.4 is 20.3 Å². The number of rotatable bonds is 4. The minimum Gasteiger partial charge on any atom is -0.384 e. The summed E-state index contributed by atoms with van der Waals surface area (Å²) in [5.74, 6) is -2.16. The zero-order valence-electron chi connectivity index (χ0n) is 17.7. The summed E-state index contributed by atoms with van der Waals surface area (Å²) in [6.07, 6.45) is 0.679. The molecule has 0 saturated heterocycles. The van der Waals surface area contributed by atoms with Gasteiger partial charge in [-0.25, -0.2) is 27.2 Å². The van der Waals surface area contributed by atoms with Crippen molar-refractivity contribution in [2.24, 2.45) is 0 Å². The third-order valence-electron chi connectivity index (χ3n) is 5.55. The Morgan fingerprint density at radius 1 is 1.11 bits per heavy atom. The molecule has 0 unspecified atom stereocenters. The van der Waals surface area contributed by atoms with Gasteiger partial charge in [-0.2, -0.15) is 0 Å². The molecule has 0 atom stereocenters. The van der Waals surface area contributed by atoms with Gasteiger partial charge in [0, 0.05) is 23.5 Å². The van der Waals surface area contributed by atoms with Crippen molar-refractivity contribution in [3.8, 4) is 0 Å². The van der Waals surface area contributed by atoms with E-state index in [4.69, 9.17) is 11.6 Å². The molecule has 1 aromatic heterocycles. The molecular formula is C22H16ClFN4O5S2. The van der Waals surface area contributed by atoms with Gasteiger partial charge in [-0.3, -0.25) is 9.59 Å². The molecule has 2 aliphatic rings. The van der Waals surface area contributed by atoms with Crippen molar-refractivity contribution in [1.82, 2.24) is 4.72 Å². The summed E-state index contributed by atoms with van der Waals surface area (Å²) < 4.78 is 41.3. The predicted molar refractivity (Wildman–Crippen MR) is 129 cm³/mol. The quantitative estimate of drug-likeness (QED) is 0.438. The molecule has 0 saturated carbocycles. The molecule has 0 aliphatic carbocycles.